The predicted octanol–water partition coefficient (Wildman–Crippen LogP) is 5.59. The number of aromatic nitrogens is 2. The van der Waals surface area contributed by atoms with E-state index in [4.69, 9.17) is 14.0 Å². The van der Waals surface area contributed by atoms with Gasteiger partial charge < -0.3 is 9.47 Å². The molecular formula is C24H29N3O8S5. The topological polar surface area (TPSA) is 162 Å². The monoisotopic (exact) mass is 647 g/mol. The summed E-state index contributed by atoms with van der Waals surface area (Å²) in [5.74, 6) is -3.13. The largest absolute Gasteiger partial charge is 0.411 e. The van der Waals surface area contributed by atoms with Crippen LogP contribution in [-0.4, -0.2) is 57.2 Å². The van der Waals surface area contributed by atoms with Crippen molar-refractivity contribution in [1.29, 1.82) is 0 Å². The molecule has 2 aromatic rings. The fourth-order valence-corrected chi connectivity index (χ4v) is 7.22. The number of hydrogen-bond acceptors (Lipinski definition) is 13. The lowest BCUT2D eigenvalue weighted by molar-refractivity contribution is -0.159. The van der Waals surface area contributed by atoms with Gasteiger partial charge in [-0.05, 0) is 58.7 Å². The average Bonchev–Trinajstić information content (AvgIpc) is 2.91. The van der Waals surface area contributed by atoms with E-state index < -0.39 is 47.0 Å². The van der Waals surface area contributed by atoms with Crippen LogP contribution in [0.1, 0.15) is 52.4 Å². The predicted molar refractivity (Wildman–Crippen MR) is 158 cm³/mol. The highest BCUT2D eigenvalue weighted by molar-refractivity contribution is 8.77. The van der Waals surface area contributed by atoms with Crippen molar-refractivity contribution in [2.24, 2.45) is 4.40 Å². The van der Waals surface area contributed by atoms with E-state index in [-0.39, 0.29) is 23.3 Å². The van der Waals surface area contributed by atoms with E-state index in [0.29, 0.717) is 12.8 Å². The highest BCUT2D eigenvalue weighted by Crippen LogP contribution is 2.35. The van der Waals surface area contributed by atoms with Gasteiger partial charge >= 0.3 is 28.2 Å². The minimum Gasteiger partial charge on any atom is -0.411 e. The zero-order valence-electron chi connectivity index (χ0n) is 21.7. The second kappa shape index (κ2) is 18.3. The molecule has 2 unspecified atom stereocenters. The highest BCUT2D eigenvalue weighted by atomic mass is 33.1. The van der Waals surface area contributed by atoms with E-state index in [1.807, 2.05) is 50.2 Å². The van der Waals surface area contributed by atoms with Crippen LogP contribution in [0.15, 0.2) is 63.2 Å². The summed E-state index contributed by atoms with van der Waals surface area (Å²) in [5.41, 5.74) is 0. The molecule has 0 aromatic carbocycles. The van der Waals surface area contributed by atoms with E-state index >= 15 is 0 Å². The molecule has 11 nitrogen and oxygen atoms in total. The fourth-order valence-electron chi connectivity index (χ4n) is 2.66. The van der Waals surface area contributed by atoms with Gasteiger partial charge in [0.05, 0.1) is 6.42 Å². The normalized spacial score (nSPS) is 13.3. The molecule has 0 bridgehead atoms. The third kappa shape index (κ3) is 16.2. The molecule has 0 aliphatic heterocycles. The highest BCUT2D eigenvalue weighted by Gasteiger charge is 2.19. The molecule has 0 fully saturated rings. The lowest BCUT2D eigenvalue weighted by Crippen LogP contribution is -2.18. The maximum absolute atomic E-state index is 12.2. The van der Waals surface area contributed by atoms with Gasteiger partial charge in [0.15, 0.2) is 0 Å². The van der Waals surface area contributed by atoms with Crippen molar-refractivity contribution >= 4 is 77.3 Å². The van der Waals surface area contributed by atoms with Crippen molar-refractivity contribution in [1.82, 2.24) is 9.97 Å². The van der Waals surface area contributed by atoms with Crippen molar-refractivity contribution in [2.45, 2.75) is 72.9 Å². The average molecular weight is 648 g/mol. The molecular weight excluding hydrogens is 619 g/mol. The van der Waals surface area contributed by atoms with Crippen molar-refractivity contribution < 1.29 is 36.8 Å². The molecule has 40 heavy (non-hydrogen) atoms. The molecule has 2 aromatic heterocycles. The van der Waals surface area contributed by atoms with Gasteiger partial charge in [-0.25, -0.2) is 9.97 Å². The molecule has 1 N–H and O–H groups in total. The third-order valence-electron chi connectivity index (χ3n) is 4.60. The van der Waals surface area contributed by atoms with Crippen LogP contribution in [0.2, 0.25) is 0 Å². The lowest BCUT2D eigenvalue weighted by Gasteiger charge is -2.11. The molecule has 0 saturated carbocycles. The van der Waals surface area contributed by atoms with E-state index in [9.17, 15) is 22.8 Å². The van der Waals surface area contributed by atoms with Crippen LogP contribution in [0.3, 0.4) is 0 Å². The lowest BCUT2D eigenvalue weighted by atomic mass is 10.2. The van der Waals surface area contributed by atoms with Crippen LogP contribution >= 0.6 is 43.2 Å². The first-order valence-corrected chi connectivity index (χ1v) is 17.8. The number of carbonyl (C=O) groups is 3. The summed E-state index contributed by atoms with van der Waals surface area (Å²) in [6, 6.07) is 11.1. The van der Waals surface area contributed by atoms with E-state index in [1.54, 1.807) is 12.4 Å². The third-order valence-corrected chi connectivity index (χ3v) is 10.8. The van der Waals surface area contributed by atoms with Gasteiger partial charge in [0.2, 0.25) is 5.90 Å². The molecule has 2 heterocycles. The number of nitrogens with zero attached hydrogens (tertiary/aromatic N) is 3. The first-order valence-electron chi connectivity index (χ1n) is 12.0. The summed E-state index contributed by atoms with van der Waals surface area (Å²) in [4.78, 5) is 44.8. The summed E-state index contributed by atoms with van der Waals surface area (Å²) in [6.45, 7) is 3.84. The maximum Gasteiger partial charge on any atom is 0.381 e. The Morgan fingerprint density at radius 1 is 0.800 bits per heavy atom. The Labute approximate surface area is 249 Å². The number of esters is 3. The summed E-state index contributed by atoms with van der Waals surface area (Å²) >= 11 is 0. The summed E-state index contributed by atoms with van der Waals surface area (Å²) < 4.78 is 44.2. The van der Waals surface area contributed by atoms with Crippen molar-refractivity contribution in [2.75, 3.05) is 0 Å². The molecule has 0 aliphatic carbocycles. The molecule has 0 amide bonds. The van der Waals surface area contributed by atoms with Gasteiger partial charge in [0.25, 0.3) is 0 Å². The first kappa shape index (κ1) is 34.1. The molecule has 0 saturated heterocycles. The SMILES string of the molecule is CC(CCC(=O)OC(=O)CCC(=NS(=O)(=O)O)OC(=O)CCC(C)SSc1ccccn1)SSc1ccccn1. The number of pyridine rings is 2. The Hall–Kier alpha value is -2.11. The van der Waals surface area contributed by atoms with Crippen LogP contribution in [0.4, 0.5) is 0 Å². The number of rotatable bonds is 16. The van der Waals surface area contributed by atoms with Gasteiger partial charge in [-0.2, -0.15) is 8.42 Å². The van der Waals surface area contributed by atoms with Gasteiger partial charge in [-0.15, -0.1) is 4.40 Å². The standard InChI is InChI=1S/C24H29N3O8S5/c1-17(36-38-20-7-3-5-15-25-20)9-12-22(28)34-19(27-40(31,32)33)11-14-24(30)35-23(29)13-10-18(2)37-39-21-8-4-6-16-26-21/h3-8,15-18H,9-14H2,1-2H3,(H,31,32,33). The zero-order chi connectivity index (χ0) is 29.4. The summed E-state index contributed by atoms with van der Waals surface area (Å²) in [6.07, 6.45) is 3.23. The minimum absolute atomic E-state index is 0.00153. The summed E-state index contributed by atoms with van der Waals surface area (Å²) in [7, 11) is 1.09. The van der Waals surface area contributed by atoms with Gasteiger partial charge in [0.1, 0.15) is 10.1 Å². The van der Waals surface area contributed by atoms with E-state index in [2.05, 4.69) is 14.4 Å². The zero-order valence-corrected chi connectivity index (χ0v) is 25.8. The molecule has 16 heteroatoms. The fraction of sp³-hybridized carbons (Fsp3) is 0.417. The number of carbonyl (C=O) groups excluding carboxylic acids is 3. The Balaban J connectivity index is 1.72. The molecule has 0 spiro atoms. The van der Waals surface area contributed by atoms with E-state index in [1.165, 1.54) is 43.2 Å². The molecule has 0 radical (unpaired) electrons. The number of hydrogen-bond donors (Lipinski definition) is 1. The Morgan fingerprint density at radius 2 is 1.27 bits per heavy atom. The molecule has 0 aliphatic rings. The van der Waals surface area contributed by atoms with Crippen molar-refractivity contribution in [3.05, 3.63) is 48.8 Å². The van der Waals surface area contributed by atoms with Crippen molar-refractivity contribution in [3.8, 4) is 0 Å². The second-order valence-electron chi connectivity index (χ2n) is 8.15. The second-order valence-corrected chi connectivity index (χ2v) is 14.5. The van der Waals surface area contributed by atoms with Gasteiger partial charge in [0, 0.05) is 42.2 Å². The first-order chi connectivity index (χ1) is 19.0. The smallest absolute Gasteiger partial charge is 0.381 e. The summed E-state index contributed by atoms with van der Waals surface area (Å²) in [5, 5.41) is 1.78. The van der Waals surface area contributed by atoms with Crippen LogP contribution in [-0.2, 0) is 34.2 Å². The van der Waals surface area contributed by atoms with E-state index in [0.717, 1.165) is 10.1 Å². The van der Waals surface area contributed by atoms with Crippen LogP contribution < -0.4 is 0 Å². The van der Waals surface area contributed by atoms with Gasteiger partial charge in [-0.3, -0.25) is 18.9 Å². The quantitative estimate of drug-likeness (QED) is 0.0599. The maximum atomic E-state index is 12.2. The van der Waals surface area contributed by atoms with Crippen LogP contribution in [0.5, 0.6) is 0 Å². The number of ether oxygens (including phenoxy) is 2. The Bertz CT molecular complexity index is 1230. The Kier molecular flexibility index (Phi) is 15.6. The molecule has 2 atom stereocenters. The van der Waals surface area contributed by atoms with Gasteiger partial charge in [-0.1, -0.05) is 47.6 Å². The molecule has 2 rings (SSSR count). The minimum atomic E-state index is -4.89. The Morgan fingerprint density at radius 3 is 1.73 bits per heavy atom. The van der Waals surface area contributed by atoms with Crippen LogP contribution in [0, 0.1) is 0 Å². The molecule has 218 valence electrons. The van der Waals surface area contributed by atoms with Crippen molar-refractivity contribution in [3.63, 3.8) is 0 Å². The van der Waals surface area contributed by atoms with Crippen LogP contribution in [0.25, 0.3) is 0 Å².